The highest BCUT2D eigenvalue weighted by Crippen LogP contribution is 2.13. The summed E-state index contributed by atoms with van der Waals surface area (Å²) in [5.74, 6) is 0. The van der Waals surface area contributed by atoms with Crippen LogP contribution in [0.25, 0.3) is 0 Å². The van der Waals surface area contributed by atoms with Crippen LogP contribution in [0.3, 0.4) is 0 Å². The van der Waals surface area contributed by atoms with E-state index < -0.39 is 0 Å². The van der Waals surface area contributed by atoms with Crippen molar-refractivity contribution in [2.75, 3.05) is 20.2 Å². The molecule has 1 rings (SSSR count). The minimum atomic E-state index is 0.217. The van der Waals surface area contributed by atoms with Gasteiger partial charge in [-0.3, -0.25) is 4.90 Å². The standard InChI is InChI=1S/C8H14N2OS/c1-7-8(12-6-9-7)5-10(2)3-4-11/h6,11H,3-5H2,1-2H3. The van der Waals surface area contributed by atoms with Crippen molar-refractivity contribution in [1.29, 1.82) is 0 Å². The van der Waals surface area contributed by atoms with Gasteiger partial charge in [-0.15, -0.1) is 11.3 Å². The highest BCUT2D eigenvalue weighted by atomic mass is 32.1. The maximum atomic E-state index is 8.68. The van der Waals surface area contributed by atoms with Gasteiger partial charge in [-0.25, -0.2) is 4.98 Å². The topological polar surface area (TPSA) is 36.4 Å². The Hall–Kier alpha value is -0.450. The van der Waals surface area contributed by atoms with Crippen LogP contribution in [-0.4, -0.2) is 35.2 Å². The Labute approximate surface area is 76.7 Å². The van der Waals surface area contributed by atoms with Crippen molar-refractivity contribution in [3.05, 3.63) is 16.1 Å². The maximum Gasteiger partial charge on any atom is 0.0798 e. The van der Waals surface area contributed by atoms with Gasteiger partial charge in [-0.2, -0.15) is 0 Å². The van der Waals surface area contributed by atoms with Gasteiger partial charge in [0.2, 0.25) is 0 Å². The lowest BCUT2D eigenvalue weighted by Crippen LogP contribution is -2.21. The molecule has 12 heavy (non-hydrogen) atoms. The van der Waals surface area contributed by atoms with Crippen molar-refractivity contribution >= 4 is 11.3 Å². The third-order valence-corrected chi connectivity index (χ3v) is 2.66. The number of nitrogens with zero attached hydrogens (tertiary/aromatic N) is 2. The average molecular weight is 186 g/mol. The van der Waals surface area contributed by atoms with Gasteiger partial charge >= 0.3 is 0 Å². The Morgan fingerprint density at radius 2 is 2.42 bits per heavy atom. The first-order chi connectivity index (χ1) is 5.74. The molecule has 68 valence electrons. The SMILES string of the molecule is Cc1ncsc1CN(C)CCO. The lowest BCUT2D eigenvalue weighted by Gasteiger charge is -2.13. The molecule has 0 aliphatic rings. The molecule has 1 aromatic heterocycles. The summed E-state index contributed by atoms with van der Waals surface area (Å²) in [5.41, 5.74) is 2.96. The van der Waals surface area contributed by atoms with E-state index in [4.69, 9.17) is 5.11 Å². The zero-order chi connectivity index (χ0) is 8.97. The Morgan fingerprint density at radius 3 is 2.92 bits per heavy atom. The van der Waals surface area contributed by atoms with Crippen LogP contribution in [0.1, 0.15) is 10.6 Å². The molecule has 0 aliphatic heterocycles. The molecule has 0 radical (unpaired) electrons. The van der Waals surface area contributed by atoms with Gasteiger partial charge in [0, 0.05) is 18.0 Å². The number of aromatic nitrogens is 1. The first kappa shape index (κ1) is 9.64. The second-order valence-electron chi connectivity index (χ2n) is 2.82. The van der Waals surface area contributed by atoms with Gasteiger partial charge in [0.25, 0.3) is 0 Å². The summed E-state index contributed by atoms with van der Waals surface area (Å²) in [5, 5.41) is 8.68. The van der Waals surface area contributed by atoms with E-state index in [1.165, 1.54) is 4.88 Å². The smallest absolute Gasteiger partial charge is 0.0798 e. The summed E-state index contributed by atoms with van der Waals surface area (Å²) >= 11 is 1.67. The fourth-order valence-corrected chi connectivity index (χ4v) is 1.83. The third kappa shape index (κ3) is 2.55. The third-order valence-electron chi connectivity index (χ3n) is 1.74. The van der Waals surface area contributed by atoms with Gasteiger partial charge in [0.15, 0.2) is 0 Å². The number of thiazole rings is 1. The van der Waals surface area contributed by atoms with Crippen LogP contribution >= 0.6 is 11.3 Å². The lowest BCUT2D eigenvalue weighted by molar-refractivity contribution is 0.218. The number of hydrogen-bond donors (Lipinski definition) is 1. The monoisotopic (exact) mass is 186 g/mol. The zero-order valence-corrected chi connectivity index (χ0v) is 8.27. The van der Waals surface area contributed by atoms with Gasteiger partial charge < -0.3 is 5.11 Å². The van der Waals surface area contributed by atoms with Crippen molar-refractivity contribution in [3.8, 4) is 0 Å². The fraction of sp³-hybridized carbons (Fsp3) is 0.625. The second-order valence-corrected chi connectivity index (χ2v) is 3.76. The Bertz CT molecular complexity index is 237. The van der Waals surface area contributed by atoms with Gasteiger partial charge in [0.05, 0.1) is 17.8 Å². The molecule has 3 nitrogen and oxygen atoms in total. The molecule has 1 aromatic rings. The number of rotatable bonds is 4. The minimum Gasteiger partial charge on any atom is -0.395 e. The second kappa shape index (κ2) is 4.54. The van der Waals surface area contributed by atoms with Crippen LogP contribution in [0.2, 0.25) is 0 Å². The summed E-state index contributed by atoms with van der Waals surface area (Å²) in [7, 11) is 2.00. The Balaban J connectivity index is 2.46. The molecule has 0 aromatic carbocycles. The Kier molecular flexibility index (Phi) is 3.65. The molecular weight excluding hydrogens is 172 g/mol. The van der Waals surface area contributed by atoms with Crippen LogP contribution in [0.5, 0.6) is 0 Å². The van der Waals surface area contributed by atoms with Crippen LogP contribution < -0.4 is 0 Å². The number of aryl methyl sites for hydroxylation is 1. The highest BCUT2D eigenvalue weighted by molar-refractivity contribution is 7.09. The summed E-state index contributed by atoms with van der Waals surface area (Å²) < 4.78 is 0. The van der Waals surface area contributed by atoms with E-state index in [-0.39, 0.29) is 6.61 Å². The van der Waals surface area contributed by atoms with Crippen molar-refractivity contribution < 1.29 is 5.11 Å². The first-order valence-corrected chi connectivity index (χ1v) is 4.80. The fourth-order valence-electron chi connectivity index (χ4n) is 0.973. The molecule has 1 N–H and O–H groups in total. The maximum absolute atomic E-state index is 8.68. The van der Waals surface area contributed by atoms with Crippen molar-refractivity contribution in [1.82, 2.24) is 9.88 Å². The van der Waals surface area contributed by atoms with E-state index in [0.29, 0.717) is 0 Å². The molecule has 0 bridgehead atoms. The summed E-state index contributed by atoms with van der Waals surface area (Å²) in [4.78, 5) is 7.53. The molecule has 0 amide bonds. The summed E-state index contributed by atoms with van der Waals surface area (Å²) in [6.07, 6.45) is 0. The average Bonchev–Trinajstić information content (AvgIpc) is 2.37. The molecule has 0 aliphatic carbocycles. The number of aliphatic hydroxyl groups is 1. The molecule has 0 saturated carbocycles. The van der Waals surface area contributed by atoms with Crippen LogP contribution in [-0.2, 0) is 6.54 Å². The molecule has 0 unspecified atom stereocenters. The molecule has 0 fully saturated rings. The van der Waals surface area contributed by atoms with Crippen molar-refractivity contribution in [3.63, 3.8) is 0 Å². The quantitative estimate of drug-likeness (QED) is 0.758. The van der Waals surface area contributed by atoms with E-state index in [2.05, 4.69) is 9.88 Å². The van der Waals surface area contributed by atoms with Crippen molar-refractivity contribution in [2.24, 2.45) is 0 Å². The van der Waals surface area contributed by atoms with Crippen LogP contribution in [0.15, 0.2) is 5.51 Å². The predicted octanol–water partition coefficient (Wildman–Crippen LogP) is 0.876. The number of aliphatic hydroxyl groups excluding tert-OH is 1. The largest absolute Gasteiger partial charge is 0.395 e. The molecule has 0 saturated heterocycles. The molecular formula is C8H14N2OS. The van der Waals surface area contributed by atoms with E-state index >= 15 is 0 Å². The van der Waals surface area contributed by atoms with E-state index in [1.807, 2.05) is 19.5 Å². The van der Waals surface area contributed by atoms with Crippen LogP contribution in [0.4, 0.5) is 0 Å². The first-order valence-electron chi connectivity index (χ1n) is 3.92. The zero-order valence-electron chi connectivity index (χ0n) is 7.45. The van der Waals surface area contributed by atoms with Gasteiger partial charge in [0.1, 0.15) is 0 Å². The van der Waals surface area contributed by atoms with Gasteiger partial charge in [-0.05, 0) is 14.0 Å². The lowest BCUT2D eigenvalue weighted by atomic mass is 10.4. The number of hydrogen-bond acceptors (Lipinski definition) is 4. The van der Waals surface area contributed by atoms with Crippen molar-refractivity contribution in [2.45, 2.75) is 13.5 Å². The molecule has 0 atom stereocenters. The molecule has 0 spiro atoms. The van der Waals surface area contributed by atoms with Crippen LogP contribution in [0, 0.1) is 6.92 Å². The minimum absolute atomic E-state index is 0.217. The summed E-state index contributed by atoms with van der Waals surface area (Å²) in [6, 6.07) is 0. The highest BCUT2D eigenvalue weighted by Gasteiger charge is 2.04. The number of likely N-dealkylation sites (N-methyl/N-ethyl adjacent to an activating group) is 1. The Morgan fingerprint density at radius 1 is 1.67 bits per heavy atom. The van der Waals surface area contributed by atoms with E-state index in [0.717, 1.165) is 18.8 Å². The van der Waals surface area contributed by atoms with Gasteiger partial charge in [-0.1, -0.05) is 0 Å². The summed E-state index contributed by atoms with van der Waals surface area (Å²) in [6.45, 7) is 3.83. The van der Waals surface area contributed by atoms with E-state index in [9.17, 15) is 0 Å². The molecule has 4 heteroatoms. The normalized spacial score (nSPS) is 11.0. The van der Waals surface area contributed by atoms with E-state index in [1.54, 1.807) is 11.3 Å². The predicted molar refractivity (Wildman–Crippen MR) is 50.3 cm³/mol. The molecule has 1 heterocycles.